The Bertz CT molecular complexity index is 1160. The Morgan fingerprint density at radius 2 is 1.59 bits per heavy atom. The van der Waals surface area contributed by atoms with Gasteiger partial charge in [0.1, 0.15) is 11.4 Å². The molecule has 0 fully saturated rings. The summed E-state index contributed by atoms with van der Waals surface area (Å²) in [6, 6.07) is 16.9. The van der Waals surface area contributed by atoms with E-state index in [-0.39, 0.29) is 5.69 Å². The van der Waals surface area contributed by atoms with Crippen LogP contribution in [0.5, 0.6) is 0 Å². The molecule has 2 aromatic heterocycles. The lowest BCUT2D eigenvalue weighted by molar-refractivity contribution is 0.587. The zero-order valence-corrected chi connectivity index (χ0v) is 14.8. The molecule has 0 atom stereocenters. The minimum atomic E-state index is -0.708. The van der Waals surface area contributed by atoms with Crippen LogP contribution in [0.15, 0.2) is 65.7 Å². The summed E-state index contributed by atoms with van der Waals surface area (Å²) in [5, 5.41) is 0. The van der Waals surface area contributed by atoms with Crippen molar-refractivity contribution in [2.75, 3.05) is 0 Å². The maximum Gasteiger partial charge on any atom is 0.159 e. The summed E-state index contributed by atoms with van der Waals surface area (Å²) in [6.07, 6.45) is 0. The van der Waals surface area contributed by atoms with Gasteiger partial charge >= 0.3 is 0 Å². The highest BCUT2D eigenvalue weighted by Crippen LogP contribution is 2.24. The maximum absolute atomic E-state index is 13.9. The van der Waals surface area contributed by atoms with Gasteiger partial charge in [0.25, 0.3) is 0 Å². The second-order valence-electron chi connectivity index (χ2n) is 6.16. The van der Waals surface area contributed by atoms with Gasteiger partial charge < -0.3 is 4.57 Å². The van der Waals surface area contributed by atoms with Crippen molar-refractivity contribution >= 4 is 22.4 Å². The number of nitrogens with zero attached hydrogens (tertiary/aromatic N) is 4. The van der Waals surface area contributed by atoms with E-state index >= 15 is 0 Å². The van der Waals surface area contributed by atoms with E-state index in [9.17, 15) is 8.78 Å². The molecule has 4 aromatic rings. The molecule has 2 aromatic carbocycles. The average Bonchev–Trinajstić information content (AvgIpc) is 3.02. The molecule has 6 heteroatoms. The van der Waals surface area contributed by atoms with E-state index < -0.39 is 11.6 Å². The molecule has 0 amide bonds. The first kappa shape index (κ1) is 17.0. The van der Waals surface area contributed by atoms with Gasteiger partial charge in [-0.15, -0.1) is 0 Å². The first-order valence-electron chi connectivity index (χ1n) is 8.43. The maximum atomic E-state index is 13.9. The number of hydrogen-bond acceptors (Lipinski definition) is 3. The summed E-state index contributed by atoms with van der Waals surface area (Å²) in [4.78, 5) is 13.3. The quantitative estimate of drug-likeness (QED) is 0.479. The van der Waals surface area contributed by atoms with E-state index in [2.05, 4.69) is 15.0 Å². The lowest BCUT2D eigenvalue weighted by atomic mass is 10.2. The molecule has 2 heterocycles. The fourth-order valence-electron chi connectivity index (χ4n) is 2.96. The van der Waals surface area contributed by atoms with E-state index in [1.165, 1.54) is 18.2 Å². The minimum absolute atomic E-state index is 0.315. The summed E-state index contributed by atoms with van der Waals surface area (Å²) in [6.45, 7) is 1.67. The van der Waals surface area contributed by atoms with Crippen LogP contribution in [0.25, 0.3) is 22.6 Å². The van der Waals surface area contributed by atoms with Crippen molar-refractivity contribution in [2.45, 2.75) is 6.92 Å². The van der Waals surface area contributed by atoms with Crippen LogP contribution in [0.4, 0.5) is 14.5 Å². The Labute approximate surface area is 154 Å². The Hall–Kier alpha value is -3.41. The summed E-state index contributed by atoms with van der Waals surface area (Å²) in [5.41, 5.74) is 3.17. The van der Waals surface area contributed by atoms with Gasteiger partial charge in [0.05, 0.1) is 22.4 Å². The van der Waals surface area contributed by atoms with Gasteiger partial charge in [-0.1, -0.05) is 24.3 Å². The number of halogens is 2. The second kappa shape index (κ2) is 6.72. The first-order valence-corrected chi connectivity index (χ1v) is 8.43. The zero-order valence-electron chi connectivity index (χ0n) is 14.8. The molecular formula is C21H16F2N4. The molecular weight excluding hydrogens is 346 g/mol. The van der Waals surface area contributed by atoms with E-state index in [1.807, 2.05) is 48.0 Å². The van der Waals surface area contributed by atoms with Crippen molar-refractivity contribution in [3.63, 3.8) is 0 Å². The van der Waals surface area contributed by atoms with Gasteiger partial charge in [-0.25, -0.2) is 23.7 Å². The van der Waals surface area contributed by atoms with Crippen LogP contribution in [-0.4, -0.2) is 20.2 Å². The molecule has 4 nitrogen and oxygen atoms in total. The third kappa shape index (κ3) is 3.10. The predicted octanol–water partition coefficient (Wildman–Crippen LogP) is 5.05. The molecule has 0 aliphatic rings. The minimum Gasteiger partial charge on any atom is -0.326 e. The first-order chi connectivity index (χ1) is 13.0. The van der Waals surface area contributed by atoms with E-state index in [4.69, 9.17) is 0 Å². The summed E-state index contributed by atoms with van der Waals surface area (Å²) < 4.78 is 29.7. The highest BCUT2D eigenvalue weighted by atomic mass is 19.1. The Morgan fingerprint density at radius 1 is 0.889 bits per heavy atom. The summed E-state index contributed by atoms with van der Waals surface area (Å²) >= 11 is 0. The van der Waals surface area contributed by atoms with Crippen molar-refractivity contribution in [3.8, 4) is 11.5 Å². The number of aliphatic imine (C=N–C) groups is 1. The van der Waals surface area contributed by atoms with Gasteiger partial charge in [0, 0.05) is 7.05 Å². The van der Waals surface area contributed by atoms with E-state index in [1.54, 1.807) is 13.0 Å². The fourth-order valence-corrected chi connectivity index (χ4v) is 2.96. The monoisotopic (exact) mass is 362 g/mol. The molecule has 134 valence electrons. The highest BCUT2D eigenvalue weighted by Gasteiger charge is 2.13. The van der Waals surface area contributed by atoms with Gasteiger partial charge in [0.2, 0.25) is 0 Å². The molecule has 0 unspecified atom stereocenters. The van der Waals surface area contributed by atoms with Crippen LogP contribution in [-0.2, 0) is 7.05 Å². The molecule has 0 bridgehead atoms. The standard InChI is InChI=1S/C21H16F2N4/c1-13(24-20-14(22)7-5-8-15(20)23)16-10-6-11-18(25-16)21-26-17-9-3-4-12-19(17)27(21)2/h3-12H,1-2H3. The zero-order chi connectivity index (χ0) is 19.0. The number of pyridine rings is 1. The van der Waals surface area contributed by atoms with Crippen LogP contribution in [0, 0.1) is 11.6 Å². The van der Waals surface area contributed by atoms with Crippen molar-refractivity contribution in [1.82, 2.24) is 14.5 Å². The lowest BCUT2D eigenvalue weighted by Gasteiger charge is -2.06. The number of aryl methyl sites for hydroxylation is 1. The number of aromatic nitrogens is 3. The molecule has 0 saturated carbocycles. The molecule has 4 rings (SSSR count). The molecule has 0 aliphatic carbocycles. The number of benzene rings is 2. The SMILES string of the molecule is CC(=Nc1c(F)cccc1F)c1cccc(-c2nc3ccccc3n2C)n1. The topological polar surface area (TPSA) is 43.1 Å². The third-order valence-corrected chi connectivity index (χ3v) is 4.35. The highest BCUT2D eigenvalue weighted by molar-refractivity contribution is 5.99. The Kier molecular flexibility index (Phi) is 4.24. The van der Waals surface area contributed by atoms with Crippen molar-refractivity contribution in [2.24, 2.45) is 12.0 Å². The summed E-state index contributed by atoms with van der Waals surface area (Å²) in [5.74, 6) is -0.704. The lowest BCUT2D eigenvalue weighted by Crippen LogP contribution is -2.02. The predicted molar refractivity (Wildman–Crippen MR) is 102 cm³/mol. The normalized spacial score (nSPS) is 11.9. The molecule has 0 radical (unpaired) electrons. The fraction of sp³-hybridized carbons (Fsp3) is 0.0952. The van der Waals surface area contributed by atoms with Crippen molar-refractivity contribution < 1.29 is 8.78 Å². The van der Waals surface area contributed by atoms with Gasteiger partial charge in [-0.3, -0.25) is 0 Å². The van der Waals surface area contributed by atoms with Gasteiger partial charge in [0.15, 0.2) is 17.5 Å². The molecule has 0 saturated heterocycles. The largest absolute Gasteiger partial charge is 0.326 e. The smallest absolute Gasteiger partial charge is 0.159 e. The summed E-state index contributed by atoms with van der Waals surface area (Å²) in [7, 11) is 1.93. The van der Waals surface area contributed by atoms with Crippen molar-refractivity contribution in [3.05, 3.63) is 78.0 Å². The Morgan fingerprint density at radius 3 is 2.33 bits per heavy atom. The third-order valence-electron chi connectivity index (χ3n) is 4.35. The molecule has 0 aliphatic heterocycles. The number of fused-ring (bicyclic) bond motifs is 1. The van der Waals surface area contributed by atoms with Crippen LogP contribution >= 0.6 is 0 Å². The number of para-hydroxylation sites is 3. The van der Waals surface area contributed by atoms with Gasteiger partial charge in [-0.05, 0) is 43.3 Å². The number of hydrogen-bond donors (Lipinski definition) is 0. The molecule has 0 N–H and O–H groups in total. The van der Waals surface area contributed by atoms with Crippen LogP contribution < -0.4 is 0 Å². The van der Waals surface area contributed by atoms with Crippen LogP contribution in [0.3, 0.4) is 0 Å². The second-order valence-corrected chi connectivity index (χ2v) is 6.16. The van der Waals surface area contributed by atoms with Gasteiger partial charge in [-0.2, -0.15) is 0 Å². The average molecular weight is 362 g/mol. The van der Waals surface area contributed by atoms with Crippen molar-refractivity contribution in [1.29, 1.82) is 0 Å². The van der Waals surface area contributed by atoms with Crippen LogP contribution in [0.1, 0.15) is 12.6 Å². The number of imidazole rings is 1. The van der Waals surface area contributed by atoms with Crippen LogP contribution in [0.2, 0.25) is 0 Å². The Balaban J connectivity index is 1.78. The molecule has 0 spiro atoms. The van der Waals surface area contributed by atoms with E-state index in [0.717, 1.165) is 11.0 Å². The molecule has 27 heavy (non-hydrogen) atoms. The number of rotatable bonds is 3. The van der Waals surface area contributed by atoms with E-state index in [0.29, 0.717) is 22.9 Å².